The minimum Gasteiger partial charge on any atom is -0.456 e. The third kappa shape index (κ3) is 3.77. The van der Waals surface area contributed by atoms with Gasteiger partial charge in [-0.15, -0.1) is 0 Å². The number of hydrogen-bond acceptors (Lipinski definition) is 6. The molecule has 1 heterocycles. The molecule has 2 fully saturated rings. The molecule has 7 heteroatoms. The smallest absolute Gasteiger partial charge is 0.306 e. The third-order valence-corrected chi connectivity index (χ3v) is 5.84. The zero-order valence-electron chi connectivity index (χ0n) is 15.3. The van der Waals surface area contributed by atoms with Gasteiger partial charge in [0.25, 0.3) is 5.91 Å². The molecule has 7 nitrogen and oxygen atoms in total. The zero-order chi connectivity index (χ0) is 19.0. The van der Waals surface area contributed by atoms with E-state index in [-0.39, 0.29) is 25.2 Å². The molecule has 27 heavy (non-hydrogen) atoms. The number of fused-ring (bicyclic) bond motifs is 3. The molecule has 0 aromatic heterocycles. The van der Waals surface area contributed by atoms with Gasteiger partial charge in [0.15, 0.2) is 23.9 Å². The minimum absolute atomic E-state index is 0.0741. The maximum atomic E-state index is 12.2. The lowest BCUT2D eigenvalue weighted by molar-refractivity contribution is -0.148. The van der Waals surface area contributed by atoms with Crippen molar-refractivity contribution < 1.29 is 28.6 Å². The van der Waals surface area contributed by atoms with E-state index in [2.05, 4.69) is 5.32 Å². The Morgan fingerprint density at radius 2 is 1.93 bits per heavy atom. The van der Waals surface area contributed by atoms with E-state index in [1.54, 1.807) is 12.1 Å². The van der Waals surface area contributed by atoms with Crippen LogP contribution in [0.2, 0.25) is 0 Å². The van der Waals surface area contributed by atoms with Crippen molar-refractivity contribution in [1.82, 2.24) is 0 Å². The molecule has 144 valence electrons. The third-order valence-electron chi connectivity index (χ3n) is 5.84. The Kier molecular flexibility index (Phi) is 4.76. The lowest BCUT2D eigenvalue weighted by Gasteiger charge is -2.20. The monoisotopic (exact) mass is 373 g/mol. The molecule has 1 aromatic rings. The lowest BCUT2D eigenvalue weighted by atomic mass is 9.86. The Morgan fingerprint density at radius 3 is 2.59 bits per heavy atom. The quantitative estimate of drug-likeness (QED) is 0.609. The van der Waals surface area contributed by atoms with E-state index in [0.717, 1.165) is 12.3 Å². The molecule has 2 saturated carbocycles. The highest BCUT2D eigenvalue weighted by Crippen LogP contribution is 2.49. The SMILES string of the molecule is CC(=O)c1cc2c(cc1NC(=O)COC(=O)C[C@@H]1C[C@H]3CC[C@@H]1C3)OCO2. The van der Waals surface area contributed by atoms with E-state index in [1.165, 1.54) is 26.2 Å². The fourth-order valence-corrected chi connectivity index (χ4v) is 4.57. The molecular formula is C20H23NO6. The van der Waals surface area contributed by atoms with Crippen molar-refractivity contribution in [1.29, 1.82) is 0 Å². The van der Waals surface area contributed by atoms with Crippen LogP contribution in [0.5, 0.6) is 11.5 Å². The predicted molar refractivity (Wildman–Crippen MR) is 95.7 cm³/mol. The molecule has 1 aliphatic heterocycles. The van der Waals surface area contributed by atoms with Gasteiger partial charge in [-0.1, -0.05) is 6.42 Å². The molecule has 3 aliphatic rings. The first-order valence-electron chi connectivity index (χ1n) is 9.39. The molecule has 1 N–H and O–H groups in total. The summed E-state index contributed by atoms with van der Waals surface area (Å²) < 4.78 is 15.7. The largest absolute Gasteiger partial charge is 0.456 e. The zero-order valence-corrected chi connectivity index (χ0v) is 15.3. The van der Waals surface area contributed by atoms with Crippen LogP contribution in [0.15, 0.2) is 12.1 Å². The standard InChI is InChI=1S/C20H23NO6/c1-11(22)15-7-17-18(27-10-26-17)8-16(15)21-19(23)9-25-20(24)6-14-5-12-2-3-13(14)4-12/h7-8,12-14H,2-6,9-10H2,1H3,(H,21,23)/t12-,13+,14-/m0/s1. The van der Waals surface area contributed by atoms with E-state index in [0.29, 0.717) is 41.0 Å². The molecule has 1 aromatic carbocycles. The number of carbonyl (C=O) groups is 3. The number of Topliss-reactive ketones (excluding diaryl/α,β-unsaturated/α-hetero) is 1. The Morgan fingerprint density at radius 1 is 1.15 bits per heavy atom. The van der Waals surface area contributed by atoms with Gasteiger partial charge in [0.1, 0.15) is 0 Å². The number of esters is 1. The highest BCUT2D eigenvalue weighted by molar-refractivity contribution is 6.05. The van der Waals surface area contributed by atoms with Crippen LogP contribution in [-0.2, 0) is 14.3 Å². The summed E-state index contributed by atoms with van der Waals surface area (Å²) in [5.74, 6) is 1.71. The first kappa shape index (κ1) is 17.8. The normalized spacial score (nSPS) is 24.7. The van der Waals surface area contributed by atoms with Crippen LogP contribution in [0.25, 0.3) is 0 Å². The van der Waals surface area contributed by atoms with E-state index < -0.39 is 5.91 Å². The van der Waals surface area contributed by atoms with Gasteiger partial charge in [-0.3, -0.25) is 14.4 Å². The van der Waals surface area contributed by atoms with Gasteiger partial charge >= 0.3 is 5.97 Å². The van der Waals surface area contributed by atoms with Crippen LogP contribution in [-0.4, -0.2) is 31.1 Å². The summed E-state index contributed by atoms with van der Waals surface area (Å²) in [6.45, 7) is 1.11. The van der Waals surface area contributed by atoms with Crippen LogP contribution < -0.4 is 14.8 Å². The summed E-state index contributed by atoms with van der Waals surface area (Å²) in [6.07, 6.45) is 5.21. The van der Waals surface area contributed by atoms with Crippen LogP contribution in [0.1, 0.15) is 49.4 Å². The topological polar surface area (TPSA) is 90.9 Å². The number of amides is 1. The average molecular weight is 373 g/mol. The highest BCUT2D eigenvalue weighted by Gasteiger charge is 2.40. The van der Waals surface area contributed by atoms with Gasteiger partial charge < -0.3 is 19.5 Å². The number of nitrogens with one attached hydrogen (secondary N) is 1. The molecular weight excluding hydrogens is 350 g/mol. The van der Waals surface area contributed by atoms with Gasteiger partial charge in [-0.05, 0) is 50.0 Å². The van der Waals surface area contributed by atoms with Gasteiger partial charge in [0, 0.05) is 18.1 Å². The summed E-state index contributed by atoms with van der Waals surface area (Å²) in [5.41, 5.74) is 0.641. The van der Waals surface area contributed by atoms with Crippen LogP contribution in [0.4, 0.5) is 5.69 Å². The molecule has 2 aliphatic carbocycles. The molecule has 4 rings (SSSR count). The summed E-state index contributed by atoms with van der Waals surface area (Å²) in [7, 11) is 0. The number of rotatable bonds is 6. The second-order valence-corrected chi connectivity index (χ2v) is 7.66. The Hall–Kier alpha value is -2.57. The number of hydrogen-bond donors (Lipinski definition) is 1. The minimum atomic E-state index is -0.488. The Bertz CT molecular complexity index is 789. The molecule has 0 radical (unpaired) electrons. The van der Waals surface area contributed by atoms with Crippen molar-refractivity contribution in [2.24, 2.45) is 17.8 Å². The fraction of sp³-hybridized carbons (Fsp3) is 0.550. The van der Waals surface area contributed by atoms with Crippen molar-refractivity contribution >= 4 is 23.3 Å². The number of ketones is 1. The van der Waals surface area contributed by atoms with Crippen molar-refractivity contribution in [3.05, 3.63) is 17.7 Å². The number of anilines is 1. The van der Waals surface area contributed by atoms with Crippen molar-refractivity contribution in [3.8, 4) is 11.5 Å². The highest BCUT2D eigenvalue weighted by atomic mass is 16.7. The predicted octanol–water partition coefficient (Wildman–Crippen LogP) is 2.93. The van der Waals surface area contributed by atoms with E-state index in [4.69, 9.17) is 14.2 Å². The van der Waals surface area contributed by atoms with E-state index >= 15 is 0 Å². The Balaban J connectivity index is 1.31. The van der Waals surface area contributed by atoms with Crippen LogP contribution in [0.3, 0.4) is 0 Å². The molecule has 0 unspecified atom stereocenters. The molecule has 0 spiro atoms. The van der Waals surface area contributed by atoms with Gasteiger partial charge in [-0.25, -0.2) is 0 Å². The Labute approximate surface area is 157 Å². The number of benzene rings is 1. The molecule has 1 amide bonds. The fourth-order valence-electron chi connectivity index (χ4n) is 4.57. The van der Waals surface area contributed by atoms with Gasteiger partial charge in [0.05, 0.1) is 5.69 Å². The lowest BCUT2D eigenvalue weighted by Crippen LogP contribution is -2.23. The van der Waals surface area contributed by atoms with E-state index in [9.17, 15) is 14.4 Å². The van der Waals surface area contributed by atoms with Crippen molar-refractivity contribution in [2.75, 3.05) is 18.7 Å². The molecule has 2 bridgehead atoms. The summed E-state index contributed by atoms with van der Waals surface area (Å²) in [4.78, 5) is 36.1. The first-order chi connectivity index (χ1) is 13.0. The first-order valence-corrected chi connectivity index (χ1v) is 9.39. The summed E-state index contributed by atoms with van der Waals surface area (Å²) in [6, 6.07) is 3.09. The second kappa shape index (κ2) is 7.21. The van der Waals surface area contributed by atoms with E-state index in [1.807, 2.05) is 0 Å². The average Bonchev–Trinajstić information content (AvgIpc) is 3.35. The van der Waals surface area contributed by atoms with Crippen molar-refractivity contribution in [2.45, 2.75) is 39.0 Å². The van der Waals surface area contributed by atoms with Gasteiger partial charge in [0.2, 0.25) is 6.79 Å². The number of ether oxygens (including phenoxy) is 3. The van der Waals surface area contributed by atoms with Gasteiger partial charge in [-0.2, -0.15) is 0 Å². The second-order valence-electron chi connectivity index (χ2n) is 7.66. The molecule has 0 saturated heterocycles. The summed E-state index contributed by atoms with van der Waals surface area (Å²) in [5, 5.41) is 2.63. The van der Waals surface area contributed by atoms with Crippen molar-refractivity contribution in [3.63, 3.8) is 0 Å². The molecule has 3 atom stereocenters. The number of carbonyl (C=O) groups excluding carboxylic acids is 3. The maximum absolute atomic E-state index is 12.2. The van der Waals surface area contributed by atoms with Crippen LogP contribution >= 0.6 is 0 Å². The summed E-state index contributed by atoms with van der Waals surface area (Å²) >= 11 is 0. The maximum Gasteiger partial charge on any atom is 0.306 e. The van der Waals surface area contributed by atoms with Crippen LogP contribution in [0, 0.1) is 17.8 Å².